The lowest BCUT2D eigenvalue weighted by Gasteiger charge is -2.36. The van der Waals surface area contributed by atoms with E-state index in [0.29, 0.717) is 11.9 Å². The van der Waals surface area contributed by atoms with E-state index in [1.54, 1.807) is 0 Å². The highest BCUT2D eigenvalue weighted by Gasteiger charge is 2.20. The summed E-state index contributed by atoms with van der Waals surface area (Å²) < 4.78 is 5.43. The van der Waals surface area contributed by atoms with Gasteiger partial charge in [0.1, 0.15) is 0 Å². The van der Waals surface area contributed by atoms with Crippen LogP contribution in [0.5, 0.6) is 0 Å². The molecule has 82 valence electrons. The van der Waals surface area contributed by atoms with Crippen LogP contribution in [0.2, 0.25) is 0 Å². The quantitative estimate of drug-likeness (QED) is 0.718. The van der Waals surface area contributed by atoms with Crippen molar-refractivity contribution in [2.45, 2.75) is 18.8 Å². The molecule has 0 spiro atoms. The minimum atomic E-state index is 0.433. The Hall–Kier alpha value is -0.730. The average Bonchev–Trinajstić information content (AvgIpc) is 2.30. The van der Waals surface area contributed by atoms with Crippen molar-refractivity contribution in [1.29, 1.82) is 0 Å². The van der Waals surface area contributed by atoms with Gasteiger partial charge in [-0.05, 0) is 18.6 Å². The Balaban J connectivity index is 2.26. The Morgan fingerprint density at radius 3 is 3.00 bits per heavy atom. The number of para-hydroxylation sites is 1. The molecule has 0 N–H and O–H groups in total. The maximum Gasteiger partial charge on any atom is 0.0668 e. The molecule has 0 saturated carbocycles. The van der Waals surface area contributed by atoms with E-state index >= 15 is 0 Å². The van der Waals surface area contributed by atoms with Crippen molar-refractivity contribution in [3.05, 3.63) is 29.8 Å². The topological polar surface area (TPSA) is 12.5 Å². The van der Waals surface area contributed by atoms with E-state index in [1.807, 2.05) is 6.07 Å². The average molecular weight is 226 g/mol. The lowest BCUT2D eigenvalue weighted by atomic mass is 10.1. The van der Waals surface area contributed by atoms with Crippen LogP contribution < -0.4 is 4.90 Å². The summed E-state index contributed by atoms with van der Waals surface area (Å²) in [6.45, 7) is 4.75. The fraction of sp³-hybridized carbons (Fsp3) is 0.500. The predicted octanol–water partition coefficient (Wildman–Crippen LogP) is 2.65. The molecule has 1 aliphatic heterocycles. The molecule has 1 atom stereocenters. The zero-order valence-corrected chi connectivity index (χ0v) is 9.70. The highest BCUT2D eigenvalue weighted by molar-refractivity contribution is 6.17. The highest BCUT2D eigenvalue weighted by Crippen LogP contribution is 2.25. The minimum absolute atomic E-state index is 0.433. The van der Waals surface area contributed by atoms with E-state index < -0.39 is 0 Å². The molecule has 0 aromatic heterocycles. The van der Waals surface area contributed by atoms with Gasteiger partial charge in [-0.25, -0.2) is 0 Å². The van der Waals surface area contributed by atoms with Crippen molar-refractivity contribution >= 4 is 17.3 Å². The Morgan fingerprint density at radius 1 is 1.47 bits per heavy atom. The largest absolute Gasteiger partial charge is 0.377 e. The zero-order chi connectivity index (χ0) is 10.7. The lowest BCUT2D eigenvalue weighted by molar-refractivity contribution is 0.0989. The smallest absolute Gasteiger partial charge is 0.0668 e. The van der Waals surface area contributed by atoms with Gasteiger partial charge in [-0.15, -0.1) is 11.6 Å². The van der Waals surface area contributed by atoms with E-state index in [9.17, 15) is 0 Å². The van der Waals surface area contributed by atoms with Gasteiger partial charge in [0.05, 0.1) is 13.2 Å². The number of anilines is 1. The number of nitrogens with zero attached hydrogens (tertiary/aromatic N) is 1. The number of hydrogen-bond acceptors (Lipinski definition) is 2. The summed E-state index contributed by atoms with van der Waals surface area (Å²) in [6.07, 6.45) is 0. The fourth-order valence-corrected chi connectivity index (χ4v) is 2.22. The maximum absolute atomic E-state index is 5.94. The molecule has 1 aromatic rings. The molecule has 0 bridgehead atoms. The first-order valence-electron chi connectivity index (χ1n) is 5.31. The second-order valence-corrected chi connectivity index (χ2v) is 4.15. The SMILES string of the molecule is CC1COCCN1c1ccccc1CCl. The summed E-state index contributed by atoms with van der Waals surface area (Å²) in [5.41, 5.74) is 2.45. The van der Waals surface area contributed by atoms with E-state index in [0.717, 1.165) is 19.8 Å². The number of halogens is 1. The van der Waals surface area contributed by atoms with Crippen LogP contribution in [0.3, 0.4) is 0 Å². The Bertz CT molecular complexity index is 329. The Morgan fingerprint density at radius 2 is 2.27 bits per heavy atom. The molecular weight excluding hydrogens is 210 g/mol. The molecule has 1 aromatic carbocycles. The van der Waals surface area contributed by atoms with Crippen LogP contribution in [-0.2, 0) is 10.6 Å². The van der Waals surface area contributed by atoms with Crippen LogP contribution in [-0.4, -0.2) is 25.8 Å². The Labute approximate surface area is 95.8 Å². The summed E-state index contributed by atoms with van der Waals surface area (Å²) in [5.74, 6) is 0.570. The molecule has 3 heteroatoms. The van der Waals surface area contributed by atoms with Gasteiger partial charge in [-0.3, -0.25) is 0 Å². The van der Waals surface area contributed by atoms with Crippen LogP contribution in [0.15, 0.2) is 24.3 Å². The first-order valence-corrected chi connectivity index (χ1v) is 5.84. The molecule has 1 fully saturated rings. The molecule has 2 nitrogen and oxygen atoms in total. The van der Waals surface area contributed by atoms with Gasteiger partial charge >= 0.3 is 0 Å². The van der Waals surface area contributed by atoms with E-state index in [-0.39, 0.29) is 0 Å². The van der Waals surface area contributed by atoms with Gasteiger partial charge < -0.3 is 9.64 Å². The third-order valence-corrected chi connectivity index (χ3v) is 3.10. The monoisotopic (exact) mass is 225 g/mol. The van der Waals surface area contributed by atoms with Crippen LogP contribution in [0.1, 0.15) is 12.5 Å². The predicted molar refractivity (Wildman–Crippen MR) is 63.6 cm³/mol. The standard InChI is InChI=1S/C12H16ClNO/c1-10-9-15-7-6-14(10)12-5-3-2-4-11(12)8-13/h2-5,10H,6-9H2,1H3. The first kappa shape index (κ1) is 10.8. The summed E-state index contributed by atoms with van der Waals surface area (Å²) >= 11 is 5.94. The van der Waals surface area contributed by atoms with E-state index in [2.05, 4.69) is 30.0 Å². The number of ether oxygens (including phenoxy) is 1. The van der Waals surface area contributed by atoms with Crippen molar-refractivity contribution in [3.8, 4) is 0 Å². The molecule has 1 aliphatic rings. The number of morpholine rings is 1. The second kappa shape index (κ2) is 4.86. The van der Waals surface area contributed by atoms with Crippen LogP contribution >= 0.6 is 11.6 Å². The molecule has 1 unspecified atom stereocenters. The summed E-state index contributed by atoms with van der Waals surface area (Å²) in [5, 5.41) is 0. The molecule has 0 radical (unpaired) electrons. The highest BCUT2D eigenvalue weighted by atomic mass is 35.5. The molecular formula is C12H16ClNO. The molecule has 0 aliphatic carbocycles. The van der Waals surface area contributed by atoms with Crippen LogP contribution in [0, 0.1) is 0 Å². The first-order chi connectivity index (χ1) is 7.33. The van der Waals surface area contributed by atoms with Crippen LogP contribution in [0.4, 0.5) is 5.69 Å². The van der Waals surface area contributed by atoms with Crippen molar-refractivity contribution in [3.63, 3.8) is 0 Å². The van der Waals surface area contributed by atoms with Gasteiger partial charge in [0.2, 0.25) is 0 Å². The van der Waals surface area contributed by atoms with Gasteiger partial charge in [0.25, 0.3) is 0 Å². The van der Waals surface area contributed by atoms with Crippen LogP contribution in [0.25, 0.3) is 0 Å². The number of alkyl halides is 1. The maximum atomic E-state index is 5.94. The van der Waals surface area contributed by atoms with Crippen molar-refractivity contribution in [2.24, 2.45) is 0 Å². The molecule has 0 amide bonds. The van der Waals surface area contributed by atoms with Crippen molar-refractivity contribution in [1.82, 2.24) is 0 Å². The molecule has 1 heterocycles. The van der Waals surface area contributed by atoms with Crippen molar-refractivity contribution in [2.75, 3.05) is 24.7 Å². The van der Waals surface area contributed by atoms with Gasteiger partial charge in [0.15, 0.2) is 0 Å². The lowest BCUT2D eigenvalue weighted by Crippen LogP contribution is -2.44. The van der Waals surface area contributed by atoms with E-state index in [1.165, 1.54) is 11.3 Å². The fourth-order valence-electron chi connectivity index (χ4n) is 1.99. The summed E-state index contributed by atoms with van der Waals surface area (Å²) in [4.78, 5) is 2.38. The van der Waals surface area contributed by atoms with Gasteiger partial charge in [-0.2, -0.15) is 0 Å². The number of rotatable bonds is 2. The normalized spacial score (nSPS) is 21.7. The number of hydrogen-bond donors (Lipinski definition) is 0. The molecule has 2 rings (SSSR count). The molecule has 15 heavy (non-hydrogen) atoms. The van der Waals surface area contributed by atoms with Crippen molar-refractivity contribution < 1.29 is 4.74 Å². The number of benzene rings is 1. The summed E-state index contributed by atoms with van der Waals surface area (Å²) in [7, 11) is 0. The third kappa shape index (κ3) is 2.27. The zero-order valence-electron chi connectivity index (χ0n) is 8.95. The molecule has 1 saturated heterocycles. The minimum Gasteiger partial charge on any atom is -0.377 e. The second-order valence-electron chi connectivity index (χ2n) is 3.88. The third-order valence-electron chi connectivity index (χ3n) is 2.81. The van der Waals surface area contributed by atoms with Gasteiger partial charge in [-0.1, -0.05) is 18.2 Å². The Kier molecular flexibility index (Phi) is 3.49. The summed E-state index contributed by atoms with van der Waals surface area (Å²) in [6, 6.07) is 8.76. The van der Waals surface area contributed by atoms with E-state index in [4.69, 9.17) is 16.3 Å². The van der Waals surface area contributed by atoms with Gasteiger partial charge in [0, 0.05) is 24.2 Å².